The molecule has 0 atom stereocenters. The van der Waals surface area contributed by atoms with E-state index in [0.29, 0.717) is 6.42 Å². The molecule has 0 fully saturated rings. The maximum absolute atomic E-state index is 11.7. The van der Waals surface area contributed by atoms with Gasteiger partial charge < -0.3 is 5.32 Å². The van der Waals surface area contributed by atoms with Gasteiger partial charge in [-0.15, -0.1) is 22.7 Å². The number of rotatable bonds is 3. The number of nitrogens with one attached hydrogen (secondary N) is 1. The Hall–Kier alpha value is -3.31. The van der Waals surface area contributed by atoms with Crippen LogP contribution in [0.4, 0.5) is 5.69 Å². The first-order chi connectivity index (χ1) is 14.7. The van der Waals surface area contributed by atoms with Crippen LogP contribution in [0.5, 0.6) is 0 Å². The monoisotopic (exact) mass is 425 g/mol. The third kappa shape index (κ3) is 5.19. The van der Waals surface area contributed by atoms with Crippen molar-refractivity contribution >= 4 is 44.4 Å². The molecule has 2 heterocycles. The predicted octanol–water partition coefficient (Wildman–Crippen LogP) is 6.50. The van der Waals surface area contributed by atoms with E-state index in [4.69, 9.17) is 0 Å². The van der Waals surface area contributed by atoms with Crippen molar-refractivity contribution in [1.82, 2.24) is 0 Å². The predicted molar refractivity (Wildman–Crippen MR) is 128 cm³/mol. The lowest BCUT2D eigenvalue weighted by Crippen LogP contribution is -2.10. The number of hydrogen-bond acceptors (Lipinski definition) is 3. The lowest BCUT2D eigenvalue weighted by molar-refractivity contribution is -0.116. The Morgan fingerprint density at radius 3 is 2.27 bits per heavy atom. The number of carbonyl (C=O) groups excluding carboxylic acids is 1. The quantitative estimate of drug-likeness (QED) is 0.373. The second-order valence-electron chi connectivity index (χ2n) is 6.69. The molecular formula is C26H19NOS2. The van der Waals surface area contributed by atoms with Gasteiger partial charge in [-0.1, -0.05) is 37.0 Å². The zero-order chi connectivity index (χ0) is 20.8. The van der Waals surface area contributed by atoms with Gasteiger partial charge in [0.2, 0.25) is 5.91 Å². The molecule has 0 spiro atoms. The van der Waals surface area contributed by atoms with E-state index < -0.39 is 0 Å². The van der Waals surface area contributed by atoms with Crippen molar-refractivity contribution in [3.05, 3.63) is 86.9 Å². The van der Waals surface area contributed by atoms with Crippen molar-refractivity contribution in [1.29, 1.82) is 0 Å². The van der Waals surface area contributed by atoms with Gasteiger partial charge in [-0.25, -0.2) is 0 Å². The molecule has 4 heteroatoms. The standard InChI is InChI=1S/C26H19NOS2/c1-2-5-26(28)27-21-11-8-19(9-12-21)10-13-22-14-15-23(29-22)16-17-24-18-20-6-3-4-7-25(20)30-24/h3-4,6-9,11-12,14-15,18H,2,5H2,1H3,(H,27,28). The first kappa shape index (κ1) is 20.0. The first-order valence-corrected chi connectivity index (χ1v) is 11.4. The fourth-order valence-corrected chi connectivity index (χ4v) is 4.49. The molecule has 0 aliphatic rings. The molecule has 146 valence electrons. The average Bonchev–Trinajstić information content (AvgIpc) is 3.38. The van der Waals surface area contributed by atoms with E-state index in [9.17, 15) is 4.79 Å². The zero-order valence-corrected chi connectivity index (χ0v) is 18.1. The summed E-state index contributed by atoms with van der Waals surface area (Å²) in [6, 6.07) is 22.1. The Bertz CT molecular complexity index is 1270. The maximum Gasteiger partial charge on any atom is 0.224 e. The molecule has 0 unspecified atom stereocenters. The molecule has 1 N–H and O–H groups in total. The van der Waals surface area contributed by atoms with Gasteiger partial charge in [0, 0.05) is 22.4 Å². The van der Waals surface area contributed by atoms with E-state index in [1.807, 2.05) is 49.4 Å². The largest absolute Gasteiger partial charge is 0.326 e. The van der Waals surface area contributed by atoms with Gasteiger partial charge in [0.1, 0.15) is 0 Å². The van der Waals surface area contributed by atoms with Gasteiger partial charge in [0.25, 0.3) is 0 Å². The Balaban J connectivity index is 1.42. The highest BCUT2D eigenvalue weighted by Gasteiger charge is 2.01. The molecule has 0 saturated heterocycles. The van der Waals surface area contributed by atoms with Gasteiger partial charge in [0.15, 0.2) is 0 Å². The molecular weight excluding hydrogens is 406 g/mol. The van der Waals surface area contributed by atoms with E-state index in [-0.39, 0.29) is 5.91 Å². The molecule has 0 aliphatic heterocycles. The Morgan fingerprint density at radius 1 is 0.833 bits per heavy atom. The topological polar surface area (TPSA) is 29.1 Å². The number of hydrogen-bond donors (Lipinski definition) is 1. The van der Waals surface area contributed by atoms with Crippen LogP contribution < -0.4 is 5.32 Å². The lowest BCUT2D eigenvalue weighted by atomic mass is 10.2. The van der Waals surface area contributed by atoms with E-state index in [0.717, 1.165) is 32.3 Å². The molecule has 0 saturated carbocycles. The SMILES string of the molecule is CCCC(=O)Nc1ccc(C#Cc2ccc(C#Cc3cc4ccccc4s3)s2)cc1. The number of benzene rings is 2. The van der Waals surface area contributed by atoms with E-state index in [2.05, 4.69) is 53.3 Å². The number of thiophene rings is 2. The summed E-state index contributed by atoms with van der Waals surface area (Å²) in [5, 5.41) is 4.12. The molecule has 30 heavy (non-hydrogen) atoms. The highest BCUT2D eigenvalue weighted by Crippen LogP contribution is 2.24. The van der Waals surface area contributed by atoms with Crippen molar-refractivity contribution in [3.8, 4) is 23.7 Å². The molecule has 0 radical (unpaired) electrons. The summed E-state index contributed by atoms with van der Waals surface area (Å²) in [5.74, 6) is 12.9. The number of anilines is 1. The number of fused-ring (bicyclic) bond motifs is 1. The summed E-state index contributed by atoms with van der Waals surface area (Å²) < 4.78 is 1.26. The lowest BCUT2D eigenvalue weighted by Gasteiger charge is -2.03. The fraction of sp³-hybridized carbons (Fsp3) is 0.115. The van der Waals surface area contributed by atoms with Crippen molar-refractivity contribution in [3.63, 3.8) is 0 Å². The van der Waals surface area contributed by atoms with Crippen molar-refractivity contribution in [2.75, 3.05) is 5.32 Å². The molecule has 2 nitrogen and oxygen atoms in total. The highest BCUT2D eigenvalue weighted by molar-refractivity contribution is 7.19. The third-order valence-corrected chi connectivity index (χ3v) is 6.26. The fourth-order valence-electron chi connectivity index (χ4n) is 2.86. The summed E-state index contributed by atoms with van der Waals surface area (Å²) >= 11 is 3.31. The third-order valence-electron chi connectivity index (χ3n) is 4.32. The van der Waals surface area contributed by atoms with Gasteiger partial charge in [-0.2, -0.15) is 0 Å². The van der Waals surface area contributed by atoms with Crippen LogP contribution in [0.15, 0.2) is 66.7 Å². The average molecular weight is 426 g/mol. The van der Waals surface area contributed by atoms with Crippen molar-refractivity contribution in [2.45, 2.75) is 19.8 Å². The first-order valence-electron chi connectivity index (χ1n) is 9.72. The van der Waals surface area contributed by atoms with Crippen LogP contribution in [-0.2, 0) is 4.79 Å². The second kappa shape index (κ2) is 9.46. The van der Waals surface area contributed by atoms with Crippen LogP contribution in [-0.4, -0.2) is 5.91 Å². The van der Waals surface area contributed by atoms with Gasteiger partial charge in [-0.05, 0) is 72.2 Å². The zero-order valence-electron chi connectivity index (χ0n) is 16.5. The summed E-state index contributed by atoms with van der Waals surface area (Å²) in [6.07, 6.45) is 1.38. The second-order valence-corrected chi connectivity index (χ2v) is 8.86. The van der Waals surface area contributed by atoms with Crippen LogP contribution in [0.2, 0.25) is 0 Å². The summed E-state index contributed by atoms with van der Waals surface area (Å²) in [5.41, 5.74) is 1.71. The van der Waals surface area contributed by atoms with Gasteiger partial charge in [0.05, 0.1) is 14.6 Å². The minimum atomic E-state index is 0.0409. The van der Waals surface area contributed by atoms with Crippen LogP contribution in [0, 0.1) is 23.7 Å². The van der Waals surface area contributed by atoms with E-state index >= 15 is 0 Å². The summed E-state index contributed by atoms with van der Waals surface area (Å²) in [4.78, 5) is 14.7. The molecule has 1 amide bonds. The van der Waals surface area contributed by atoms with Crippen LogP contribution in [0.1, 0.15) is 40.0 Å². The summed E-state index contributed by atoms with van der Waals surface area (Å²) in [6.45, 7) is 1.99. The van der Waals surface area contributed by atoms with Gasteiger partial charge in [-0.3, -0.25) is 4.79 Å². The van der Waals surface area contributed by atoms with Crippen molar-refractivity contribution in [2.24, 2.45) is 0 Å². The minimum absolute atomic E-state index is 0.0409. The smallest absolute Gasteiger partial charge is 0.224 e. The number of carbonyl (C=O) groups is 1. The molecule has 0 aliphatic carbocycles. The van der Waals surface area contributed by atoms with E-state index in [1.165, 1.54) is 10.1 Å². The minimum Gasteiger partial charge on any atom is -0.326 e. The maximum atomic E-state index is 11.7. The van der Waals surface area contributed by atoms with Crippen molar-refractivity contribution < 1.29 is 4.79 Å². The number of amides is 1. The Kier molecular flexibility index (Phi) is 6.30. The molecule has 4 aromatic rings. The van der Waals surface area contributed by atoms with Crippen LogP contribution in [0.3, 0.4) is 0 Å². The normalized spacial score (nSPS) is 10.0. The molecule has 0 bridgehead atoms. The molecule has 2 aromatic carbocycles. The van der Waals surface area contributed by atoms with Crippen LogP contribution in [0.25, 0.3) is 10.1 Å². The van der Waals surface area contributed by atoms with Crippen LogP contribution >= 0.6 is 22.7 Å². The highest BCUT2D eigenvalue weighted by atomic mass is 32.1. The van der Waals surface area contributed by atoms with E-state index in [1.54, 1.807) is 22.7 Å². The van der Waals surface area contributed by atoms with Gasteiger partial charge >= 0.3 is 0 Å². The summed E-state index contributed by atoms with van der Waals surface area (Å²) in [7, 11) is 0. The molecule has 2 aromatic heterocycles. The Labute approximate surface area is 184 Å². The Morgan fingerprint density at radius 2 is 1.53 bits per heavy atom. The molecule has 4 rings (SSSR count).